The van der Waals surface area contributed by atoms with Gasteiger partial charge in [0.1, 0.15) is 6.10 Å². The first-order chi connectivity index (χ1) is 11.7. The zero-order chi connectivity index (χ0) is 17.9. The van der Waals surface area contributed by atoms with E-state index in [9.17, 15) is 9.90 Å². The van der Waals surface area contributed by atoms with Crippen molar-refractivity contribution in [3.63, 3.8) is 0 Å². The third-order valence-electron chi connectivity index (χ3n) is 4.15. The summed E-state index contributed by atoms with van der Waals surface area (Å²) in [7, 11) is 0. The molecule has 0 aromatic heterocycles. The summed E-state index contributed by atoms with van der Waals surface area (Å²) in [4.78, 5) is 11.4. The summed E-state index contributed by atoms with van der Waals surface area (Å²) < 4.78 is 10.6. The van der Waals surface area contributed by atoms with Crippen molar-refractivity contribution in [1.82, 2.24) is 0 Å². The number of carbonyl (C=O) groups is 1. The minimum Gasteiger partial charge on any atom is -0.457 e. The largest absolute Gasteiger partial charge is 0.457 e. The molecule has 0 fully saturated rings. The van der Waals surface area contributed by atoms with Crippen molar-refractivity contribution in [1.29, 1.82) is 0 Å². The molecule has 0 heterocycles. The molecule has 144 valence electrons. The van der Waals surface area contributed by atoms with Crippen LogP contribution >= 0.6 is 0 Å². The lowest BCUT2D eigenvalue weighted by Crippen LogP contribution is -2.27. The molecule has 1 N–H and O–H groups in total. The van der Waals surface area contributed by atoms with Gasteiger partial charge in [0, 0.05) is 13.0 Å². The molecule has 0 aliphatic heterocycles. The first-order valence-electron chi connectivity index (χ1n) is 10.1. The number of unbranched alkanes of at least 4 members (excludes halogenated alkanes) is 10. The van der Waals surface area contributed by atoms with Crippen molar-refractivity contribution in [3.8, 4) is 0 Å². The monoisotopic (exact) mass is 344 g/mol. The van der Waals surface area contributed by atoms with Crippen molar-refractivity contribution < 1.29 is 19.4 Å². The molecule has 0 aliphatic rings. The van der Waals surface area contributed by atoms with Gasteiger partial charge >= 0.3 is 5.97 Å². The Morgan fingerprint density at radius 1 is 0.833 bits per heavy atom. The summed E-state index contributed by atoms with van der Waals surface area (Å²) in [6.45, 7) is 4.99. The molecule has 1 atom stereocenters. The maximum Gasteiger partial charge on any atom is 0.306 e. The van der Waals surface area contributed by atoms with E-state index in [1.54, 1.807) is 0 Å². The fourth-order valence-electron chi connectivity index (χ4n) is 2.66. The number of ether oxygens (including phenoxy) is 2. The number of rotatable bonds is 18. The summed E-state index contributed by atoms with van der Waals surface area (Å²) in [5.41, 5.74) is 0. The molecule has 0 aromatic carbocycles. The zero-order valence-electron chi connectivity index (χ0n) is 16.1. The topological polar surface area (TPSA) is 55.8 Å². The zero-order valence-corrected chi connectivity index (χ0v) is 16.1. The van der Waals surface area contributed by atoms with E-state index in [1.807, 2.05) is 6.92 Å². The van der Waals surface area contributed by atoms with Gasteiger partial charge < -0.3 is 14.6 Å². The average molecular weight is 345 g/mol. The quantitative estimate of drug-likeness (QED) is 0.280. The van der Waals surface area contributed by atoms with Crippen molar-refractivity contribution >= 4 is 5.97 Å². The summed E-state index contributed by atoms with van der Waals surface area (Å²) in [5, 5.41) is 9.18. The summed E-state index contributed by atoms with van der Waals surface area (Å²) in [6, 6.07) is 0. The lowest BCUT2D eigenvalue weighted by atomic mass is 10.1. The number of esters is 1. The number of hydrogen-bond acceptors (Lipinski definition) is 4. The lowest BCUT2D eigenvalue weighted by molar-refractivity contribution is -0.154. The van der Waals surface area contributed by atoms with Crippen LogP contribution < -0.4 is 0 Å². The number of aliphatic hydroxyl groups is 1. The van der Waals surface area contributed by atoms with Crippen LogP contribution in [0.4, 0.5) is 0 Å². The van der Waals surface area contributed by atoms with E-state index in [4.69, 9.17) is 9.47 Å². The predicted octanol–water partition coefficient (Wildman–Crippen LogP) is 5.02. The van der Waals surface area contributed by atoms with Crippen LogP contribution in [0.5, 0.6) is 0 Å². The highest BCUT2D eigenvalue weighted by molar-refractivity contribution is 5.69. The molecule has 0 aliphatic carbocycles. The fraction of sp³-hybridized carbons (Fsp3) is 0.950. The van der Waals surface area contributed by atoms with E-state index in [1.165, 1.54) is 64.2 Å². The highest BCUT2D eigenvalue weighted by Gasteiger charge is 2.12. The van der Waals surface area contributed by atoms with Gasteiger partial charge in [0.15, 0.2) is 0 Å². The molecule has 0 spiro atoms. The van der Waals surface area contributed by atoms with Crippen LogP contribution in [0.15, 0.2) is 0 Å². The van der Waals surface area contributed by atoms with Crippen LogP contribution in [0, 0.1) is 0 Å². The summed E-state index contributed by atoms with van der Waals surface area (Å²) in [5.74, 6) is -0.255. The normalized spacial score (nSPS) is 12.3. The molecule has 1 unspecified atom stereocenters. The Hall–Kier alpha value is -0.610. The number of carbonyl (C=O) groups excluding carboxylic acids is 1. The van der Waals surface area contributed by atoms with E-state index in [0.29, 0.717) is 19.6 Å². The first-order valence-corrected chi connectivity index (χ1v) is 10.1. The van der Waals surface area contributed by atoms with Gasteiger partial charge in [-0.05, 0) is 12.8 Å². The summed E-state index contributed by atoms with van der Waals surface area (Å²) >= 11 is 0. The van der Waals surface area contributed by atoms with Gasteiger partial charge in [0.2, 0.25) is 0 Å². The van der Waals surface area contributed by atoms with Crippen LogP contribution in [-0.4, -0.2) is 37.0 Å². The molecule has 0 bridgehead atoms. The molecule has 0 radical (unpaired) electrons. The van der Waals surface area contributed by atoms with Gasteiger partial charge in [-0.3, -0.25) is 4.79 Å². The van der Waals surface area contributed by atoms with Crippen molar-refractivity contribution in [2.45, 2.75) is 103 Å². The van der Waals surface area contributed by atoms with Crippen LogP contribution in [0.3, 0.4) is 0 Å². The molecule has 24 heavy (non-hydrogen) atoms. The maximum absolute atomic E-state index is 11.4. The highest BCUT2D eigenvalue weighted by Crippen LogP contribution is 2.11. The molecule has 4 heteroatoms. The van der Waals surface area contributed by atoms with Crippen LogP contribution in [-0.2, 0) is 14.3 Å². The van der Waals surface area contributed by atoms with Crippen LogP contribution in [0.25, 0.3) is 0 Å². The maximum atomic E-state index is 11.4. The predicted molar refractivity (Wildman–Crippen MR) is 99.2 cm³/mol. The van der Waals surface area contributed by atoms with Crippen molar-refractivity contribution in [3.05, 3.63) is 0 Å². The fourth-order valence-corrected chi connectivity index (χ4v) is 2.66. The lowest BCUT2D eigenvalue weighted by Gasteiger charge is -2.15. The molecular formula is C20H40O4. The second kappa shape index (κ2) is 18.7. The SMILES string of the molecule is CCCCCCCCCCCCCOCC(CO)OC(=O)CCC. The van der Waals surface area contributed by atoms with Crippen LogP contribution in [0.1, 0.15) is 97.3 Å². The van der Waals surface area contributed by atoms with Gasteiger partial charge in [-0.15, -0.1) is 0 Å². The van der Waals surface area contributed by atoms with Gasteiger partial charge in [-0.1, -0.05) is 78.1 Å². The standard InChI is InChI=1S/C20H40O4/c1-3-5-6-7-8-9-10-11-12-13-14-16-23-18-19(17-21)24-20(22)15-4-2/h19,21H,3-18H2,1-2H3. The second-order valence-corrected chi connectivity index (χ2v) is 6.65. The Labute approximate surface area is 149 Å². The Bertz CT molecular complexity index is 268. The van der Waals surface area contributed by atoms with Crippen molar-refractivity contribution in [2.24, 2.45) is 0 Å². The Morgan fingerprint density at radius 2 is 1.38 bits per heavy atom. The molecule has 0 aromatic rings. The Kier molecular flexibility index (Phi) is 18.2. The minimum atomic E-state index is -0.517. The molecule has 0 amide bonds. The van der Waals surface area contributed by atoms with Gasteiger partial charge in [0.05, 0.1) is 13.2 Å². The first kappa shape index (κ1) is 23.4. The van der Waals surface area contributed by atoms with E-state index < -0.39 is 6.10 Å². The number of hydrogen-bond donors (Lipinski definition) is 1. The Morgan fingerprint density at radius 3 is 1.88 bits per heavy atom. The molecule has 4 nitrogen and oxygen atoms in total. The van der Waals surface area contributed by atoms with E-state index in [-0.39, 0.29) is 12.6 Å². The molecule has 0 rings (SSSR count). The van der Waals surface area contributed by atoms with E-state index in [2.05, 4.69) is 6.92 Å². The number of aliphatic hydroxyl groups excluding tert-OH is 1. The Balaban J connectivity index is 3.30. The van der Waals surface area contributed by atoms with E-state index >= 15 is 0 Å². The van der Waals surface area contributed by atoms with Crippen LogP contribution in [0.2, 0.25) is 0 Å². The molecule has 0 saturated carbocycles. The van der Waals surface area contributed by atoms with Gasteiger partial charge in [0.25, 0.3) is 0 Å². The van der Waals surface area contributed by atoms with Gasteiger partial charge in [-0.2, -0.15) is 0 Å². The second-order valence-electron chi connectivity index (χ2n) is 6.65. The molecular weight excluding hydrogens is 304 g/mol. The average Bonchev–Trinajstić information content (AvgIpc) is 2.58. The van der Waals surface area contributed by atoms with E-state index in [0.717, 1.165) is 12.8 Å². The summed E-state index contributed by atoms with van der Waals surface area (Å²) in [6.07, 6.45) is 15.1. The highest BCUT2D eigenvalue weighted by atomic mass is 16.6. The van der Waals surface area contributed by atoms with Gasteiger partial charge in [-0.25, -0.2) is 0 Å². The third-order valence-corrected chi connectivity index (χ3v) is 4.15. The third kappa shape index (κ3) is 16.3. The minimum absolute atomic E-state index is 0.173. The van der Waals surface area contributed by atoms with Crippen molar-refractivity contribution in [2.75, 3.05) is 19.8 Å². The smallest absolute Gasteiger partial charge is 0.306 e. The molecule has 0 saturated heterocycles.